The van der Waals surface area contributed by atoms with Crippen molar-refractivity contribution in [3.8, 4) is 10.7 Å². The number of aromatic amines is 1. The monoisotopic (exact) mass is 295 g/mol. The quantitative estimate of drug-likeness (QED) is 0.883. The maximum atomic E-state index is 5.28. The molecule has 0 saturated carbocycles. The highest BCUT2D eigenvalue weighted by molar-refractivity contribution is 7.71. The summed E-state index contributed by atoms with van der Waals surface area (Å²) < 4.78 is 2.71. The standard InChI is InChI=1S/C12H17N5S2/c1-8(2)17-10(14-15-11(17)18)9-7-13-12(19-9)16-5-3-4-6-16/h7-8H,3-6H2,1-2H3,(H,15,18). The molecule has 3 heterocycles. The minimum absolute atomic E-state index is 0.290. The molecule has 0 unspecified atom stereocenters. The molecule has 0 amide bonds. The van der Waals surface area contributed by atoms with Crippen LogP contribution in [-0.2, 0) is 0 Å². The largest absolute Gasteiger partial charge is 0.348 e. The van der Waals surface area contributed by atoms with Gasteiger partial charge in [-0.25, -0.2) is 4.98 Å². The van der Waals surface area contributed by atoms with E-state index in [4.69, 9.17) is 12.2 Å². The van der Waals surface area contributed by atoms with Gasteiger partial charge < -0.3 is 4.90 Å². The van der Waals surface area contributed by atoms with Gasteiger partial charge in [0.15, 0.2) is 15.7 Å². The van der Waals surface area contributed by atoms with Crippen molar-refractivity contribution in [3.63, 3.8) is 0 Å². The third-order valence-corrected chi connectivity index (χ3v) is 4.65. The van der Waals surface area contributed by atoms with E-state index >= 15 is 0 Å². The lowest BCUT2D eigenvalue weighted by molar-refractivity contribution is 0.597. The fraction of sp³-hybridized carbons (Fsp3) is 0.583. The molecule has 0 aliphatic carbocycles. The average Bonchev–Trinajstić information content (AvgIpc) is 3.07. The number of nitrogens with zero attached hydrogens (tertiary/aromatic N) is 4. The molecule has 19 heavy (non-hydrogen) atoms. The van der Waals surface area contributed by atoms with Crippen LogP contribution in [0.2, 0.25) is 0 Å². The smallest absolute Gasteiger partial charge is 0.195 e. The van der Waals surface area contributed by atoms with Crippen molar-refractivity contribution >= 4 is 28.7 Å². The van der Waals surface area contributed by atoms with E-state index in [-0.39, 0.29) is 0 Å². The fourth-order valence-electron chi connectivity index (χ4n) is 2.38. The summed E-state index contributed by atoms with van der Waals surface area (Å²) in [5.41, 5.74) is 0. The van der Waals surface area contributed by atoms with E-state index in [0.29, 0.717) is 10.8 Å². The maximum Gasteiger partial charge on any atom is 0.195 e. The highest BCUT2D eigenvalue weighted by atomic mass is 32.1. The molecule has 5 nitrogen and oxygen atoms in total. The van der Waals surface area contributed by atoms with Gasteiger partial charge in [0.1, 0.15) is 0 Å². The van der Waals surface area contributed by atoms with Crippen LogP contribution in [0.15, 0.2) is 6.20 Å². The van der Waals surface area contributed by atoms with Crippen LogP contribution in [0.25, 0.3) is 10.7 Å². The molecule has 0 bridgehead atoms. The molecule has 0 spiro atoms. The summed E-state index contributed by atoms with van der Waals surface area (Å²) in [5, 5.41) is 8.32. The molecule has 2 aromatic heterocycles. The highest BCUT2D eigenvalue weighted by Gasteiger charge is 2.19. The molecular weight excluding hydrogens is 278 g/mol. The van der Waals surface area contributed by atoms with E-state index in [2.05, 4.69) is 33.9 Å². The minimum Gasteiger partial charge on any atom is -0.348 e. The first-order valence-electron chi connectivity index (χ1n) is 6.55. The zero-order chi connectivity index (χ0) is 13.4. The van der Waals surface area contributed by atoms with Crippen LogP contribution in [0.1, 0.15) is 32.7 Å². The molecule has 7 heteroatoms. The number of aromatic nitrogens is 4. The van der Waals surface area contributed by atoms with E-state index in [1.165, 1.54) is 12.8 Å². The van der Waals surface area contributed by atoms with Gasteiger partial charge in [-0.15, -0.1) is 0 Å². The predicted molar refractivity (Wildman–Crippen MR) is 80.4 cm³/mol. The van der Waals surface area contributed by atoms with Crippen LogP contribution in [-0.4, -0.2) is 32.8 Å². The Balaban J connectivity index is 1.96. The van der Waals surface area contributed by atoms with Crippen LogP contribution in [0.3, 0.4) is 0 Å². The summed E-state index contributed by atoms with van der Waals surface area (Å²) in [6.45, 7) is 6.45. The summed E-state index contributed by atoms with van der Waals surface area (Å²) >= 11 is 6.98. The Hall–Kier alpha value is -1.21. The zero-order valence-corrected chi connectivity index (χ0v) is 12.7. The molecule has 0 radical (unpaired) electrons. The fourth-order valence-corrected chi connectivity index (χ4v) is 3.68. The van der Waals surface area contributed by atoms with Crippen molar-refractivity contribution in [1.82, 2.24) is 19.7 Å². The molecule has 1 saturated heterocycles. The van der Waals surface area contributed by atoms with Gasteiger partial charge in [-0.2, -0.15) is 5.10 Å². The van der Waals surface area contributed by atoms with Gasteiger partial charge in [0, 0.05) is 19.1 Å². The van der Waals surface area contributed by atoms with E-state index in [1.54, 1.807) is 11.3 Å². The second kappa shape index (κ2) is 5.05. The molecule has 3 rings (SSSR count). The second-order valence-corrected chi connectivity index (χ2v) is 6.41. The number of rotatable bonds is 3. The van der Waals surface area contributed by atoms with Crippen LogP contribution < -0.4 is 4.90 Å². The molecule has 1 aliphatic heterocycles. The van der Waals surface area contributed by atoms with Crippen LogP contribution in [0.5, 0.6) is 0 Å². The molecule has 0 atom stereocenters. The summed E-state index contributed by atoms with van der Waals surface area (Å²) in [7, 11) is 0. The van der Waals surface area contributed by atoms with Crippen molar-refractivity contribution in [3.05, 3.63) is 11.0 Å². The van der Waals surface area contributed by atoms with E-state index < -0.39 is 0 Å². The third-order valence-electron chi connectivity index (χ3n) is 3.31. The zero-order valence-electron chi connectivity index (χ0n) is 11.1. The summed E-state index contributed by atoms with van der Waals surface area (Å²) in [5.74, 6) is 0.892. The lowest BCUT2D eigenvalue weighted by Crippen LogP contribution is -2.16. The Bertz CT molecular complexity index is 618. The lowest BCUT2D eigenvalue weighted by Gasteiger charge is -2.12. The summed E-state index contributed by atoms with van der Waals surface area (Å²) in [4.78, 5) is 7.94. The number of anilines is 1. The number of nitrogens with one attached hydrogen (secondary N) is 1. The van der Waals surface area contributed by atoms with E-state index in [9.17, 15) is 0 Å². The molecule has 102 valence electrons. The van der Waals surface area contributed by atoms with Crippen molar-refractivity contribution < 1.29 is 0 Å². The van der Waals surface area contributed by atoms with E-state index in [1.807, 2.05) is 10.8 Å². The molecular formula is C12H17N5S2. The van der Waals surface area contributed by atoms with Crippen LogP contribution >= 0.6 is 23.6 Å². The second-order valence-electron chi connectivity index (χ2n) is 5.02. The van der Waals surface area contributed by atoms with Crippen LogP contribution in [0.4, 0.5) is 5.13 Å². The first kappa shape index (κ1) is 12.8. The Morgan fingerprint density at radius 1 is 1.37 bits per heavy atom. The molecule has 1 N–H and O–H groups in total. The third kappa shape index (κ3) is 2.32. The van der Waals surface area contributed by atoms with Gasteiger partial charge in [-0.3, -0.25) is 9.67 Å². The van der Waals surface area contributed by atoms with Crippen LogP contribution in [0, 0.1) is 4.77 Å². The maximum absolute atomic E-state index is 5.28. The lowest BCUT2D eigenvalue weighted by atomic mass is 10.4. The van der Waals surface area contributed by atoms with Crippen molar-refractivity contribution in [2.75, 3.05) is 18.0 Å². The van der Waals surface area contributed by atoms with E-state index in [0.717, 1.165) is 28.9 Å². The SMILES string of the molecule is CC(C)n1c(-c2cnc(N3CCCC3)s2)n[nH]c1=S. The Kier molecular flexibility index (Phi) is 3.40. The van der Waals surface area contributed by atoms with Gasteiger partial charge >= 0.3 is 0 Å². The van der Waals surface area contributed by atoms with Gasteiger partial charge in [0.05, 0.1) is 11.1 Å². The summed E-state index contributed by atoms with van der Waals surface area (Å²) in [6, 6.07) is 0.290. The normalized spacial score (nSPS) is 15.6. The Morgan fingerprint density at radius 2 is 2.11 bits per heavy atom. The number of hydrogen-bond donors (Lipinski definition) is 1. The topological polar surface area (TPSA) is 49.7 Å². The van der Waals surface area contributed by atoms with Crippen molar-refractivity contribution in [1.29, 1.82) is 0 Å². The Morgan fingerprint density at radius 3 is 2.79 bits per heavy atom. The Labute approximate surface area is 121 Å². The molecule has 1 fully saturated rings. The molecule has 2 aromatic rings. The first-order chi connectivity index (χ1) is 9.16. The number of thiazole rings is 1. The summed E-state index contributed by atoms with van der Waals surface area (Å²) in [6.07, 6.45) is 4.43. The minimum atomic E-state index is 0.290. The molecule has 1 aliphatic rings. The van der Waals surface area contributed by atoms with Gasteiger partial charge in [0.25, 0.3) is 0 Å². The average molecular weight is 295 g/mol. The highest BCUT2D eigenvalue weighted by Crippen LogP contribution is 2.32. The number of hydrogen-bond acceptors (Lipinski definition) is 5. The van der Waals surface area contributed by atoms with Gasteiger partial charge in [-0.05, 0) is 38.9 Å². The van der Waals surface area contributed by atoms with Crippen molar-refractivity contribution in [2.45, 2.75) is 32.7 Å². The van der Waals surface area contributed by atoms with Gasteiger partial charge in [-0.1, -0.05) is 11.3 Å². The van der Waals surface area contributed by atoms with Gasteiger partial charge in [0.2, 0.25) is 0 Å². The predicted octanol–water partition coefficient (Wildman–Crippen LogP) is 3.25. The molecule has 0 aromatic carbocycles. The first-order valence-corrected chi connectivity index (χ1v) is 7.77. The van der Waals surface area contributed by atoms with Crippen molar-refractivity contribution in [2.24, 2.45) is 0 Å². The number of H-pyrrole nitrogens is 1.